The monoisotopic (exact) mass is 649 g/mol. The molecule has 8 fully saturated rings. The molecule has 0 saturated heterocycles. The molecule has 0 aromatic heterocycles. The molecule has 0 unspecified atom stereocenters. The third-order valence-corrected chi connectivity index (χ3v) is 9.91. The number of carbonyl (C=O) groups excluding carboxylic acids is 4. The Bertz CT molecular complexity index is 425. The van der Waals surface area contributed by atoms with E-state index in [1.54, 1.807) is 0 Å². The van der Waals surface area contributed by atoms with Gasteiger partial charge in [0, 0.05) is 21.7 Å². The van der Waals surface area contributed by atoms with Crippen LogP contribution in [0.5, 0.6) is 0 Å². The SMILES string of the molecule is C1CC2CC[C-]1C2.C1CC2CC[C-]1C2.C1CC2CC[C-]1C2.C1CC2CC[C-]1C2.[CH-]=O.[CH-]=O.[CH-]=O.[CH-]=O.[CH2-]CCC.[Ti+4].[Ti]. The van der Waals surface area contributed by atoms with E-state index in [0.29, 0.717) is 0 Å². The Balaban J connectivity index is -0.000000426. The van der Waals surface area contributed by atoms with Crippen molar-refractivity contribution >= 4 is 27.2 Å². The number of unbranched alkanes of at least 4 members (excludes halogenated alkanes) is 1. The predicted molar refractivity (Wildman–Crippen MR) is 167 cm³/mol. The molecule has 0 aromatic rings. The first kappa shape index (κ1) is 46.5. The van der Waals surface area contributed by atoms with E-state index in [9.17, 15) is 0 Å². The van der Waals surface area contributed by atoms with Crippen LogP contribution in [0.25, 0.3) is 0 Å². The quantitative estimate of drug-likeness (QED) is 0.161. The third kappa shape index (κ3) is 18.8. The Morgan fingerprint density at radius 1 is 0.476 bits per heavy atom. The standard InChI is InChI=1S/4C7H11.C4H9.4CHO.2Ti/c4*1-2-7-4-3-6(1)5-7;1-3-4-2;4*1-2;;/h4*6H,1-5H2;1,3-4H2,2H3;4*1H;;/q9*-1;;+4. The molecule has 8 aliphatic rings. The van der Waals surface area contributed by atoms with Crippen molar-refractivity contribution in [2.45, 2.75) is 148 Å². The molecule has 42 heavy (non-hydrogen) atoms. The molecule has 238 valence electrons. The second-order valence-electron chi connectivity index (χ2n) is 12.4. The van der Waals surface area contributed by atoms with Gasteiger partial charge in [0.1, 0.15) is 0 Å². The second kappa shape index (κ2) is 31.1. The van der Waals surface area contributed by atoms with Gasteiger partial charge in [0.15, 0.2) is 0 Å². The molecule has 8 rings (SSSR count). The Hall–Kier alpha value is 0.109. The van der Waals surface area contributed by atoms with Crippen molar-refractivity contribution in [1.29, 1.82) is 0 Å². The van der Waals surface area contributed by atoms with Crippen LogP contribution < -0.4 is 0 Å². The van der Waals surface area contributed by atoms with E-state index in [4.69, 9.17) is 19.2 Å². The first-order valence-corrected chi connectivity index (χ1v) is 15.8. The second-order valence-corrected chi connectivity index (χ2v) is 12.4. The summed E-state index contributed by atoms with van der Waals surface area (Å²) >= 11 is 0. The summed E-state index contributed by atoms with van der Waals surface area (Å²) in [5, 5.41) is 0. The van der Waals surface area contributed by atoms with Crippen molar-refractivity contribution in [3.8, 4) is 0 Å². The van der Waals surface area contributed by atoms with E-state index in [-0.39, 0.29) is 43.4 Å². The van der Waals surface area contributed by atoms with E-state index in [1.807, 2.05) is 23.7 Å². The predicted octanol–water partition coefficient (Wildman–Crippen LogP) is 9.14. The minimum atomic E-state index is 0. The van der Waals surface area contributed by atoms with Crippen LogP contribution in [0, 0.1) is 54.3 Å². The molecule has 0 spiro atoms. The smallest absolute Gasteiger partial charge is 0.545 e. The van der Waals surface area contributed by atoms with E-state index in [2.05, 4.69) is 41.0 Å². The van der Waals surface area contributed by atoms with Crippen LogP contribution >= 0.6 is 0 Å². The van der Waals surface area contributed by atoms with Crippen molar-refractivity contribution < 1.29 is 62.6 Å². The first-order chi connectivity index (χ1) is 19.7. The van der Waals surface area contributed by atoms with Crippen LogP contribution in [0.15, 0.2) is 0 Å². The van der Waals surface area contributed by atoms with Crippen molar-refractivity contribution in [2.75, 3.05) is 0 Å². The van der Waals surface area contributed by atoms with E-state index in [1.165, 1.54) is 135 Å². The normalized spacial score (nSPS) is 22.8. The zero-order valence-corrected chi connectivity index (χ0v) is 29.6. The molecule has 8 aliphatic carbocycles. The molecule has 6 heteroatoms. The summed E-state index contributed by atoms with van der Waals surface area (Å²) in [7, 11) is 0. The third-order valence-electron chi connectivity index (χ3n) is 9.91. The maximum atomic E-state index is 7.75. The average molecular weight is 650 g/mol. The Kier molecular flexibility index (Phi) is 34.5. The number of fused-ring (bicyclic) bond motifs is 8. The van der Waals surface area contributed by atoms with E-state index < -0.39 is 0 Å². The van der Waals surface area contributed by atoms with Gasteiger partial charge < -0.3 is 49.8 Å². The van der Waals surface area contributed by atoms with Gasteiger partial charge in [-0.1, -0.05) is 88.4 Å². The summed E-state index contributed by atoms with van der Waals surface area (Å²) in [5.74, 6) is 12.0. The van der Waals surface area contributed by atoms with Crippen LogP contribution in [0.1, 0.15) is 148 Å². The van der Waals surface area contributed by atoms with Gasteiger partial charge in [-0.25, -0.2) is 0 Å². The molecule has 0 radical (unpaired) electrons. The Labute approximate surface area is 290 Å². The van der Waals surface area contributed by atoms with E-state index in [0.717, 1.165) is 30.1 Å². The Morgan fingerprint density at radius 2 is 0.619 bits per heavy atom. The first-order valence-electron chi connectivity index (χ1n) is 15.8. The molecule has 0 aliphatic heterocycles. The van der Waals surface area contributed by atoms with Gasteiger partial charge in [0.25, 0.3) is 0 Å². The topological polar surface area (TPSA) is 68.3 Å². The van der Waals surface area contributed by atoms with Gasteiger partial charge in [0.2, 0.25) is 0 Å². The summed E-state index contributed by atoms with van der Waals surface area (Å²) in [4.78, 5) is 31.0. The largest absolute Gasteiger partial charge is 4.00 e. The van der Waals surface area contributed by atoms with E-state index >= 15 is 0 Å². The fourth-order valence-corrected chi connectivity index (χ4v) is 7.61. The number of hydrogen-bond acceptors (Lipinski definition) is 4. The van der Waals surface area contributed by atoms with Gasteiger partial charge in [-0.3, -0.25) is 27.2 Å². The molecule has 0 heterocycles. The molecule has 0 aromatic carbocycles. The van der Waals surface area contributed by atoms with Crippen LogP contribution in [0.3, 0.4) is 0 Å². The zero-order chi connectivity index (χ0) is 30.2. The molecule has 0 N–H and O–H groups in total. The number of rotatable bonds is 1. The fraction of sp³-hybridized carbons (Fsp3) is 0.750. The Morgan fingerprint density at radius 3 is 0.643 bits per heavy atom. The average Bonchev–Trinajstić information content (AvgIpc) is 3.92. The zero-order valence-electron chi connectivity index (χ0n) is 26.5. The summed E-state index contributed by atoms with van der Waals surface area (Å²) in [6.45, 7) is 18.7. The molecule has 0 amide bonds. The van der Waals surface area contributed by atoms with Crippen LogP contribution in [0.4, 0.5) is 0 Å². The van der Waals surface area contributed by atoms with Crippen molar-refractivity contribution in [3.05, 3.63) is 30.6 Å². The molecular formula is C36H57O4Ti2-5. The minimum absolute atomic E-state index is 0. The minimum Gasteiger partial charge on any atom is -0.545 e. The summed E-state index contributed by atoms with van der Waals surface area (Å²) in [6.07, 6.45) is 32.3. The fourth-order valence-electron chi connectivity index (χ4n) is 7.61. The van der Waals surface area contributed by atoms with Crippen LogP contribution in [-0.2, 0) is 62.6 Å². The molecule has 0 atom stereocenters. The van der Waals surface area contributed by atoms with Gasteiger partial charge in [-0.2, -0.15) is 83.5 Å². The van der Waals surface area contributed by atoms with Crippen LogP contribution in [-0.4, -0.2) is 27.2 Å². The molecular weight excluding hydrogens is 592 g/mol. The molecule has 8 saturated carbocycles. The van der Waals surface area contributed by atoms with Gasteiger partial charge in [-0.15, -0.1) is 0 Å². The van der Waals surface area contributed by atoms with Crippen molar-refractivity contribution in [1.82, 2.24) is 0 Å². The summed E-state index contributed by atoms with van der Waals surface area (Å²) in [6, 6.07) is 0. The molecule has 8 bridgehead atoms. The van der Waals surface area contributed by atoms with Crippen LogP contribution in [0.2, 0.25) is 0 Å². The summed E-state index contributed by atoms with van der Waals surface area (Å²) < 4.78 is 0. The van der Waals surface area contributed by atoms with Gasteiger partial charge in [-0.05, 0) is 0 Å². The maximum Gasteiger partial charge on any atom is 4.00 e. The molecule has 4 nitrogen and oxygen atoms in total. The van der Waals surface area contributed by atoms with Crippen molar-refractivity contribution in [2.24, 2.45) is 23.7 Å². The maximum absolute atomic E-state index is 7.75. The van der Waals surface area contributed by atoms with Crippen molar-refractivity contribution in [3.63, 3.8) is 0 Å². The number of hydrogen-bond donors (Lipinski definition) is 0. The van der Waals surface area contributed by atoms with Gasteiger partial charge in [0.05, 0.1) is 0 Å². The summed E-state index contributed by atoms with van der Waals surface area (Å²) in [5.41, 5.74) is 0. The van der Waals surface area contributed by atoms with Gasteiger partial charge >= 0.3 is 21.7 Å².